The summed E-state index contributed by atoms with van der Waals surface area (Å²) in [6, 6.07) is 2.03. The molecule has 7 heteroatoms. The van der Waals surface area contributed by atoms with Crippen molar-refractivity contribution < 1.29 is 12.8 Å². The van der Waals surface area contributed by atoms with Gasteiger partial charge in [0, 0.05) is 11.7 Å². The van der Waals surface area contributed by atoms with Crippen molar-refractivity contribution >= 4 is 31.6 Å². The highest BCUT2D eigenvalue weighted by atomic mass is 79.9. The van der Waals surface area contributed by atoms with E-state index in [1.54, 1.807) is 13.0 Å². The largest absolute Gasteiger partial charge is 0.399 e. The minimum Gasteiger partial charge on any atom is -0.399 e. The highest BCUT2D eigenvalue weighted by molar-refractivity contribution is 9.10. The van der Waals surface area contributed by atoms with Gasteiger partial charge in [-0.25, -0.2) is 17.5 Å². The number of sulfonamides is 1. The fraction of sp³-hybridized carbons (Fsp3) is 0.273. The third-order valence-electron chi connectivity index (χ3n) is 2.18. The smallest absolute Gasteiger partial charge is 0.243 e. The van der Waals surface area contributed by atoms with E-state index in [1.807, 2.05) is 0 Å². The van der Waals surface area contributed by atoms with Crippen molar-refractivity contribution in [2.45, 2.75) is 24.3 Å². The number of nitrogen functional groups attached to an aromatic ring is 1. The maximum Gasteiger partial charge on any atom is 0.243 e. The number of anilines is 1. The average Bonchev–Trinajstić information content (AvgIpc) is 2.22. The van der Waals surface area contributed by atoms with Crippen LogP contribution in [-0.4, -0.2) is 14.5 Å². The molecule has 0 radical (unpaired) electrons. The van der Waals surface area contributed by atoms with Gasteiger partial charge in [0.05, 0.1) is 4.47 Å². The standard InChI is InChI=1S/C11H14BrFN2O2S/c1-3-4-7(2)15-18(16,17)10-6-8(14)5-9(12)11(10)13/h3,5-7,15H,1,4,14H2,2H3. The van der Waals surface area contributed by atoms with Gasteiger partial charge in [0.1, 0.15) is 4.90 Å². The van der Waals surface area contributed by atoms with E-state index in [1.165, 1.54) is 6.07 Å². The first kappa shape index (κ1) is 15.1. The molecule has 0 saturated carbocycles. The molecule has 1 aromatic carbocycles. The topological polar surface area (TPSA) is 72.2 Å². The van der Waals surface area contributed by atoms with Crippen molar-refractivity contribution in [1.82, 2.24) is 4.72 Å². The van der Waals surface area contributed by atoms with Crippen molar-refractivity contribution in [3.05, 3.63) is 35.1 Å². The Labute approximate surface area is 114 Å². The number of nitrogens with one attached hydrogen (secondary N) is 1. The van der Waals surface area contributed by atoms with Crippen LogP contribution in [0.25, 0.3) is 0 Å². The Morgan fingerprint density at radius 1 is 1.61 bits per heavy atom. The molecule has 0 heterocycles. The van der Waals surface area contributed by atoms with E-state index in [2.05, 4.69) is 27.2 Å². The van der Waals surface area contributed by atoms with Gasteiger partial charge < -0.3 is 5.73 Å². The van der Waals surface area contributed by atoms with Gasteiger partial charge in [-0.05, 0) is 41.4 Å². The van der Waals surface area contributed by atoms with Crippen LogP contribution in [0.4, 0.5) is 10.1 Å². The van der Waals surface area contributed by atoms with E-state index < -0.39 is 20.7 Å². The van der Waals surface area contributed by atoms with Crippen molar-refractivity contribution in [2.75, 3.05) is 5.73 Å². The van der Waals surface area contributed by atoms with Crippen LogP contribution in [0, 0.1) is 5.82 Å². The molecular weight excluding hydrogens is 323 g/mol. The van der Waals surface area contributed by atoms with Crippen molar-refractivity contribution in [1.29, 1.82) is 0 Å². The number of rotatable bonds is 5. The number of nitrogens with two attached hydrogens (primary N) is 1. The van der Waals surface area contributed by atoms with E-state index >= 15 is 0 Å². The number of halogens is 2. The molecule has 100 valence electrons. The number of hydrogen-bond acceptors (Lipinski definition) is 3. The fourth-order valence-electron chi connectivity index (χ4n) is 1.41. The van der Waals surface area contributed by atoms with Gasteiger partial charge in [-0.2, -0.15) is 0 Å². The minimum absolute atomic E-state index is 0.0132. The summed E-state index contributed by atoms with van der Waals surface area (Å²) in [5, 5.41) is 0. The summed E-state index contributed by atoms with van der Waals surface area (Å²) in [5.74, 6) is -0.859. The van der Waals surface area contributed by atoms with E-state index in [-0.39, 0.29) is 16.2 Å². The first-order valence-electron chi connectivity index (χ1n) is 5.15. The normalized spacial score (nSPS) is 13.3. The maximum absolute atomic E-state index is 13.8. The first-order chi connectivity index (χ1) is 8.27. The molecule has 0 aliphatic rings. The highest BCUT2D eigenvalue weighted by Crippen LogP contribution is 2.26. The number of benzene rings is 1. The summed E-state index contributed by atoms with van der Waals surface area (Å²) >= 11 is 2.92. The van der Waals surface area contributed by atoms with Crippen LogP contribution in [0.5, 0.6) is 0 Å². The van der Waals surface area contributed by atoms with E-state index in [4.69, 9.17) is 5.73 Å². The predicted octanol–water partition coefficient (Wildman–Crippen LogP) is 2.41. The lowest BCUT2D eigenvalue weighted by Gasteiger charge is -2.13. The SMILES string of the molecule is C=CCC(C)NS(=O)(=O)c1cc(N)cc(Br)c1F. The maximum atomic E-state index is 13.8. The lowest BCUT2D eigenvalue weighted by atomic mass is 10.3. The lowest BCUT2D eigenvalue weighted by Crippen LogP contribution is -2.32. The molecule has 0 fully saturated rings. The van der Waals surface area contributed by atoms with Gasteiger partial charge in [0.2, 0.25) is 10.0 Å². The molecule has 0 spiro atoms. The zero-order valence-corrected chi connectivity index (χ0v) is 12.2. The van der Waals surface area contributed by atoms with Gasteiger partial charge in [0.15, 0.2) is 5.82 Å². The molecule has 0 aliphatic carbocycles. The highest BCUT2D eigenvalue weighted by Gasteiger charge is 2.23. The molecule has 1 aromatic rings. The Bertz CT molecular complexity index is 560. The molecule has 3 N–H and O–H groups in total. The van der Waals surface area contributed by atoms with Gasteiger partial charge in [0.25, 0.3) is 0 Å². The summed E-state index contributed by atoms with van der Waals surface area (Å²) < 4.78 is 40.1. The average molecular weight is 337 g/mol. The summed E-state index contributed by atoms with van der Waals surface area (Å²) in [4.78, 5) is -0.467. The molecule has 1 rings (SSSR count). The Balaban J connectivity index is 3.16. The summed E-state index contributed by atoms with van der Waals surface area (Å²) in [6.45, 7) is 5.18. The van der Waals surface area contributed by atoms with E-state index in [9.17, 15) is 12.8 Å². The Kier molecular flexibility index (Phi) is 4.89. The molecule has 0 saturated heterocycles. The van der Waals surface area contributed by atoms with Crippen LogP contribution in [-0.2, 0) is 10.0 Å². The summed E-state index contributed by atoms with van der Waals surface area (Å²) in [5.41, 5.74) is 5.68. The van der Waals surface area contributed by atoms with Crippen LogP contribution in [0.2, 0.25) is 0 Å². The molecule has 18 heavy (non-hydrogen) atoms. The molecule has 0 amide bonds. The zero-order valence-electron chi connectivity index (χ0n) is 9.78. The van der Waals surface area contributed by atoms with E-state index in [0.717, 1.165) is 6.07 Å². The Morgan fingerprint density at radius 3 is 2.78 bits per heavy atom. The lowest BCUT2D eigenvalue weighted by molar-refractivity contribution is 0.542. The monoisotopic (exact) mass is 336 g/mol. The van der Waals surface area contributed by atoms with Crippen LogP contribution in [0.15, 0.2) is 34.2 Å². The van der Waals surface area contributed by atoms with Crippen LogP contribution in [0.3, 0.4) is 0 Å². The second-order valence-electron chi connectivity index (χ2n) is 3.86. The Morgan fingerprint density at radius 2 is 2.22 bits per heavy atom. The second-order valence-corrected chi connectivity index (χ2v) is 6.40. The quantitative estimate of drug-likeness (QED) is 0.640. The van der Waals surface area contributed by atoms with Crippen LogP contribution < -0.4 is 10.5 Å². The van der Waals surface area contributed by atoms with Crippen LogP contribution in [0.1, 0.15) is 13.3 Å². The molecular formula is C11H14BrFN2O2S. The van der Waals surface area contributed by atoms with Crippen molar-refractivity contribution in [2.24, 2.45) is 0 Å². The molecule has 0 aromatic heterocycles. The fourth-order valence-corrected chi connectivity index (χ4v) is 3.40. The van der Waals surface area contributed by atoms with Gasteiger partial charge in [-0.15, -0.1) is 6.58 Å². The number of hydrogen-bond donors (Lipinski definition) is 2. The molecule has 0 aliphatic heterocycles. The molecule has 4 nitrogen and oxygen atoms in total. The van der Waals surface area contributed by atoms with E-state index in [0.29, 0.717) is 6.42 Å². The summed E-state index contributed by atoms with van der Waals surface area (Å²) in [6.07, 6.45) is 2.03. The third kappa shape index (κ3) is 3.54. The summed E-state index contributed by atoms with van der Waals surface area (Å²) in [7, 11) is -3.94. The van der Waals surface area contributed by atoms with Gasteiger partial charge in [-0.3, -0.25) is 0 Å². The van der Waals surface area contributed by atoms with Crippen molar-refractivity contribution in [3.8, 4) is 0 Å². The van der Waals surface area contributed by atoms with Gasteiger partial charge in [-0.1, -0.05) is 6.08 Å². The molecule has 1 atom stereocenters. The Hall–Kier alpha value is -0.920. The second kappa shape index (κ2) is 5.81. The predicted molar refractivity (Wildman–Crippen MR) is 73.1 cm³/mol. The third-order valence-corrected chi connectivity index (χ3v) is 4.35. The van der Waals surface area contributed by atoms with Crippen LogP contribution >= 0.6 is 15.9 Å². The van der Waals surface area contributed by atoms with Crippen molar-refractivity contribution in [3.63, 3.8) is 0 Å². The minimum atomic E-state index is -3.94. The molecule has 1 unspecified atom stereocenters. The zero-order chi connectivity index (χ0) is 13.9. The first-order valence-corrected chi connectivity index (χ1v) is 7.43. The molecule has 0 bridgehead atoms. The van der Waals surface area contributed by atoms with Gasteiger partial charge >= 0.3 is 0 Å².